The quantitative estimate of drug-likeness (QED) is 0.933. The van der Waals surface area contributed by atoms with Crippen LogP contribution in [0.1, 0.15) is 38.1 Å². The molecule has 106 valence electrons. The minimum absolute atomic E-state index is 0.183. The van der Waals surface area contributed by atoms with E-state index in [0.717, 1.165) is 24.4 Å². The number of aromatic nitrogens is 2. The molecule has 1 aliphatic heterocycles. The van der Waals surface area contributed by atoms with Crippen LogP contribution >= 0.6 is 11.6 Å². The van der Waals surface area contributed by atoms with Crippen molar-refractivity contribution in [3.05, 3.63) is 35.2 Å². The minimum Gasteiger partial charge on any atom is -0.337 e. The predicted molar refractivity (Wildman–Crippen MR) is 78.5 cm³/mol. The van der Waals surface area contributed by atoms with Crippen LogP contribution in [0.3, 0.4) is 0 Å². The first-order chi connectivity index (χ1) is 9.76. The topological polar surface area (TPSA) is 51.0 Å². The molecule has 2 aromatic rings. The van der Waals surface area contributed by atoms with Gasteiger partial charge in [0.25, 0.3) is 0 Å². The van der Waals surface area contributed by atoms with Gasteiger partial charge in [0.15, 0.2) is 0 Å². The molecule has 1 aliphatic rings. The third-order valence-corrected chi connectivity index (χ3v) is 4.18. The number of piperidine rings is 1. The lowest BCUT2D eigenvalue weighted by atomic mass is 9.90. The highest BCUT2D eigenvalue weighted by Gasteiger charge is 2.26. The monoisotopic (exact) mass is 291 g/mol. The van der Waals surface area contributed by atoms with Crippen LogP contribution < -0.4 is 5.32 Å². The Kier molecular flexibility index (Phi) is 4.03. The number of hydrogen-bond acceptors (Lipinski definition) is 4. The lowest BCUT2D eigenvalue weighted by molar-refractivity contribution is 0.246. The fourth-order valence-electron chi connectivity index (χ4n) is 2.65. The number of hydrogen-bond donors (Lipinski definition) is 1. The summed E-state index contributed by atoms with van der Waals surface area (Å²) in [6.45, 7) is 3.25. The summed E-state index contributed by atoms with van der Waals surface area (Å²) in [6, 6.07) is 7.65. The number of rotatable bonds is 3. The number of halogens is 1. The number of nitrogens with zero attached hydrogens (tertiary/aromatic N) is 2. The Morgan fingerprint density at radius 2 is 2.15 bits per heavy atom. The van der Waals surface area contributed by atoms with Gasteiger partial charge in [-0.1, -0.05) is 30.1 Å². The maximum Gasteiger partial charge on any atom is 0.244 e. The smallest absolute Gasteiger partial charge is 0.244 e. The van der Waals surface area contributed by atoms with Crippen LogP contribution in [0, 0.1) is 5.92 Å². The summed E-state index contributed by atoms with van der Waals surface area (Å²) in [7, 11) is 0. The molecule has 1 N–H and O–H groups in total. The molecule has 1 aromatic heterocycles. The van der Waals surface area contributed by atoms with Crippen LogP contribution in [-0.2, 0) is 0 Å². The summed E-state index contributed by atoms with van der Waals surface area (Å²) < 4.78 is 5.43. The first-order valence-corrected chi connectivity index (χ1v) is 7.47. The van der Waals surface area contributed by atoms with Gasteiger partial charge < -0.3 is 9.84 Å². The molecule has 0 bridgehead atoms. The van der Waals surface area contributed by atoms with E-state index in [1.54, 1.807) is 0 Å². The van der Waals surface area contributed by atoms with E-state index in [2.05, 4.69) is 22.4 Å². The Bertz CT molecular complexity index is 567. The average Bonchev–Trinajstić information content (AvgIpc) is 2.98. The van der Waals surface area contributed by atoms with E-state index in [-0.39, 0.29) is 6.04 Å². The largest absolute Gasteiger partial charge is 0.337 e. The summed E-state index contributed by atoms with van der Waals surface area (Å²) in [5, 5.41) is 8.23. The van der Waals surface area contributed by atoms with Gasteiger partial charge in [-0.3, -0.25) is 0 Å². The summed E-state index contributed by atoms with van der Waals surface area (Å²) in [6.07, 6.45) is 3.50. The van der Waals surface area contributed by atoms with Crippen LogP contribution in [0.5, 0.6) is 0 Å². The van der Waals surface area contributed by atoms with Crippen LogP contribution in [0.2, 0.25) is 5.02 Å². The molecule has 0 amide bonds. The van der Waals surface area contributed by atoms with E-state index >= 15 is 0 Å². The Hall–Kier alpha value is -1.39. The lowest BCUT2D eigenvalue weighted by Gasteiger charge is -2.27. The predicted octanol–water partition coefficient (Wildman–Crippen LogP) is 3.84. The highest BCUT2D eigenvalue weighted by Crippen LogP contribution is 2.29. The molecule has 1 saturated heterocycles. The molecule has 0 radical (unpaired) electrons. The van der Waals surface area contributed by atoms with Gasteiger partial charge in [-0.25, -0.2) is 0 Å². The lowest BCUT2D eigenvalue weighted by Crippen LogP contribution is -2.31. The molecule has 4 nitrogen and oxygen atoms in total. The molecule has 20 heavy (non-hydrogen) atoms. The molecule has 0 saturated carbocycles. The maximum atomic E-state index is 5.88. The Morgan fingerprint density at radius 1 is 1.35 bits per heavy atom. The van der Waals surface area contributed by atoms with Crippen molar-refractivity contribution in [2.24, 2.45) is 5.92 Å². The van der Waals surface area contributed by atoms with Gasteiger partial charge in [-0.05, 0) is 49.6 Å². The molecule has 1 fully saturated rings. The van der Waals surface area contributed by atoms with E-state index in [1.165, 1.54) is 12.8 Å². The van der Waals surface area contributed by atoms with E-state index in [0.29, 0.717) is 16.7 Å². The standard InChI is InChI=1S/C15H18ClN3O/c1-2-10-7-8-17-13(9-10)15-18-14(19-20-15)11-3-5-12(16)6-4-11/h3-6,10,13,17H,2,7-9H2,1H3. The van der Waals surface area contributed by atoms with Crippen LogP contribution in [0.15, 0.2) is 28.8 Å². The van der Waals surface area contributed by atoms with Gasteiger partial charge in [0, 0.05) is 10.6 Å². The summed E-state index contributed by atoms with van der Waals surface area (Å²) in [5.41, 5.74) is 0.923. The molecule has 0 aliphatic carbocycles. The van der Waals surface area contributed by atoms with Gasteiger partial charge >= 0.3 is 0 Å². The second-order valence-electron chi connectivity index (χ2n) is 5.27. The molecule has 2 atom stereocenters. The molecule has 5 heteroatoms. The van der Waals surface area contributed by atoms with Crippen LogP contribution in [-0.4, -0.2) is 16.7 Å². The van der Waals surface area contributed by atoms with E-state index < -0.39 is 0 Å². The van der Waals surface area contributed by atoms with Gasteiger partial charge in [-0.2, -0.15) is 4.98 Å². The zero-order chi connectivity index (χ0) is 13.9. The number of benzene rings is 1. The summed E-state index contributed by atoms with van der Waals surface area (Å²) in [5.74, 6) is 2.05. The van der Waals surface area contributed by atoms with Gasteiger partial charge in [0.1, 0.15) is 0 Å². The normalized spacial score (nSPS) is 22.9. The second kappa shape index (κ2) is 5.94. The molecular weight excluding hydrogens is 274 g/mol. The molecule has 2 heterocycles. The average molecular weight is 292 g/mol. The van der Waals surface area contributed by atoms with E-state index in [4.69, 9.17) is 16.1 Å². The van der Waals surface area contributed by atoms with Crippen molar-refractivity contribution in [3.63, 3.8) is 0 Å². The Labute approximate surface area is 123 Å². The maximum absolute atomic E-state index is 5.88. The van der Waals surface area contributed by atoms with Crippen molar-refractivity contribution in [3.8, 4) is 11.4 Å². The van der Waals surface area contributed by atoms with Crippen molar-refractivity contribution in [2.75, 3.05) is 6.54 Å². The zero-order valence-corrected chi connectivity index (χ0v) is 12.2. The fourth-order valence-corrected chi connectivity index (χ4v) is 2.77. The van der Waals surface area contributed by atoms with E-state index in [9.17, 15) is 0 Å². The highest BCUT2D eigenvalue weighted by atomic mass is 35.5. The molecule has 1 aromatic carbocycles. The van der Waals surface area contributed by atoms with Crippen molar-refractivity contribution in [1.29, 1.82) is 0 Å². The van der Waals surface area contributed by atoms with Crippen molar-refractivity contribution >= 4 is 11.6 Å². The Balaban J connectivity index is 1.78. The Morgan fingerprint density at radius 3 is 2.90 bits per heavy atom. The highest BCUT2D eigenvalue weighted by molar-refractivity contribution is 6.30. The number of nitrogens with one attached hydrogen (secondary N) is 1. The summed E-state index contributed by atoms with van der Waals surface area (Å²) >= 11 is 5.88. The van der Waals surface area contributed by atoms with Crippen LogP contribution in [0.25, 0.3) is 11.4 Å². The fraction of sp³-hybridized carbons (Fsp3) is 0.467. The molecule has 2 unspecified atom stereocenters. The van der Waals surface area contributed by atoms with Crippen molar-refractivity contribution in [2.45, 2.75) is 32.2 Å². The van der Waals surface area contributed by atoms with Gasteiger partial charge in [0.2, 0.25) is 11.7 Å². The SMILES string of the molecule is CCC1CCNC(c2nc(-c3ccc(Cl)cc3)no2)C1. The first-order valence-electron chi connectivity index (χ1n) is 7.09. The minimum atomic E-state index is 0.183. The third kappa shape index (κ3) is 2.86. The van der Waals surface area contributed by atoms with Gasteiger partial charge in [-0.15, -0.1) is 0 Å². The second-order valence-corrected chi connectivity index (χ2v) is 5.70. The molecular formula is C15H18ClN3O. The van der Waals surface area contributed by atoms with E-state index in [1.807, 2.05) is 24.3 Å². The van der Waals surface area contributed by atoms with Gasteiger partial charge in [0.05, 0.1) is 6.04 Å². The molecule has 3 rings (SSSR count). The third-order valence-electron chi connectivity index (χ3n) is 3.93. The molecule has 0 spiro atoms. The zero-order valence-electron chi connectivity index (χ0n) is 11.5. The summed E-state index contributed by atoms with van der Waals surface area (Å²) in [4.78, 5) is 4.52. The van der Waals surface area contributed by atoms with Crippen LogP contribution in [0.4, 0.5) is 0 Å². The first kappa shape index (κ1) is 13.6. The van der Waals surface area contributed by atoms with Crippen molar-refractivity contribution < 1.29 is 4.52 Å². The van der Waals surface area contributed by atoms with Crippen molar-refractivity contribution in [1.82, 2.24) is 15.5 Å².